The topological polar surface area (TPSA) is 88.7 Å². The highest BCUT2D eigenvalue weighted by molar-refractivity contribution is 7.14. The Labute approximate surface area is 167 Å². The fourth-order valence-electron chi connectivity index (χ4n) is 3.42. The summed E-state index contributed by atoms with van der Waals surface area (Å²) >= 11 is 1.51. The summed E-state index contributed by atoms with van der Waals surface area (Å²) in [7, 11) is 0. The fourth-order valence-corrected chi connectivity index (χ4v) is 4.52. The van der Waals surface area contributed by atoms with Crippen LogP contribution in [0, 0.1) is 5.92 Å². The number of ether oxygens (including phenoxy) is 2. The second kappa shape index (κ2) is 8.10. The average molecular weight is 401 g/mol. The van der Waals surface area contributed by atoms with Gasteiger partial charge in [0.15, 0.2) is 11.5 Å². The van der Waals surface area contributed by atoms with Crippen LogP contribution >= 0.6 is 11.3 Å². The summed E-state index contributed by atoms with van der Waals surface area (Å²) in [5, 5.41) is 2.71. The molecule has 0 saturated carbocycles. The molecule has 0 radical (unpaired) electrons. The van der Waals surface area contributed by atoms with Crippen LogP contribution in [0.3, 0.4) is 0 Å². The predicted octanol–water partition coefficient (Wildman–Crippen LogP) is 2.79. The normalized spacial score (nSPS) is 17.4. The number of benzene rings is 1. The van der Waals surface area contributed by atoms with E-state index in [-0.39, 0.29) is 5.91 Å². The first-order chi connectivity index (χ1) is 13.6. The van der Waals surface area contributed by atoms with Crippen LogP contribution in [0.2, 0.25) is 0 Å². The van der Waals surface area contributed by atoms with E-state index in [4.69, 9.17) is 9.47 Å². The molecule has 0 spiro atoms. The van der Waals surface area contributed by atoms with Crippen molar-refractivity contribution in [3.63, 3.8) is 0 Å². The van der Waals surface area contributed by atoms with Gasteiger partial charge in [-0.15, -0.1) is 11.3 Å². The number of hydrazine groups is 1. The molecule has 1 unspecified atom stereocenters. The molecule has 28 heavy (non-hydrogen) atoms. The summed E-state index contributed by atoms with van der Waals surface area (Å²) in [6.07, 6.45) is 3.20. The number of thiophene rings is 1. The van der Waals surface area contributed by atoms with E-state index in [1.54, 1.807) is 0 Å². The molecule has 3 amide bonds. The maximum Gasteiger partial charge on any atom is 0.333 e. The molecule has 0 bridgehead atoms. The summed E-state index contributed by atoms with van der Waals surface area (Å²) in [5.74, 6) is 1.75. The predicted molar refractivity (Wildman–Crippen MR) is 106 cm³/mol. The van der Waals surface area contributed by atoms with E-state index in [9.17, 15) is 9.59 Å². The minimum atomic E-state index is -0.474. The highest BCUT2D eigenvalue weighted by Gasteiger charge is 2.21. The standard InChI is InChI=1S/C20H23N3O4S/c1-12-2-5-17-14(8-12)10-18(28-17)19(24)22-23-20(25)21-11-13-3-4-15-16(9-13)27-7-6-26-15/h3-4,9-10,12H,2,5-8,11H2,1H3,(H,22,24)(H2,21,23,25). The summed E-state index contributed by atoms with van der Waals surface area (Å²) in [4.78, 5) is 26.2. The van der Waals surface area contributed by atoms with Gasteiger partial charge in [-0.2, -0.15) is 0 Å². The van der Waals surface area contributed by atoms with Crippen LogP contribution in [0.15, 0.2) is 24.3 Å². The molecule has 0 saturated heterocycles. The zero-order valence-electron chi connectivity index (χ0n) is 15.7. The van der Waals surface area contributed by atoms with Gasteiger partial charge in [0, 0.05) is 11.4 Å². The maximum absolute atomic E-state index is 12.3. The summed E-state index contributed by atoms with van der Waals surface area (Å²) < 4.78 is 11.0. The third-order valence-corrected chi connectivity index (χ3v) is 6.14. The van der Waals surface area contributed by atoms with E-state index in [1.807, 2.05) is 24.3 Å². The van der Waals surface area contributed by atoms with Crippen LogP contribution in [0.5, 0.6) is 11.5 Å². The van der Waals surface area contributed by atoms with Gasteiger partial charge >= 0.3 is 6.03 Å². The van der Waals surface area contributed by atoms with Gasteiger partial charge in [-0.1, -0.05) is 13.0 Å². The van der Waals surface area contributed by atoms with Crippen molar-refractivity contribution in [3.8, 4) is 11.5 Å². The zero-order chi connectivity index (χ0) is 19.5. The Balaban J connectivity index is 1.26. The highest BCUT2D eigenvalue weighted by atomic mass is 32.1. The lowest BCUT2D eigenvalue weighted by molar-refractivity contribution is 0.0940. The Morgan fingerprint density at radius 3 is 2.82 bits per heavy atom. The first-order valence-corrected chi connectivity index (χ1v) is 10.2. The number of urea groups is 1. The summed E-state index contributed by atoms with van der Waals surface area (Å²) in [6, 6.07) is 7.00. The molecule has 7 nitrogen and oxygen atoms in total. The Hall–Kier alpha value is -2.74. The van der Waals surface area contributed by atoms with E-state index in [0.29, 0.717) is 42.1 Å². The molecule has 0 fully saturated rings. The molecular weight excluding hydrogens is 378 g/mol. The minimum absolute atomic E-state index is 0.290. The fraction of sp³-hybridized carbons (Fsp3) is 0.400. The molecule has 3 N–H and O–H groups in total. The van der Waals surface area contributed by atoms with Crippen molar-refractivity contribution in [2.24, 2.45) is 5.92 Å². The van der Waals surface area contributed by atoms with Crippen molar-refractivity contribution in [2.45, 2.75) is 32.7 Å². The largest absolute Gasteiger partial charge is 0.486 e. The number of hydrogen-bond donors (Lipinski definition) is 3. The molecule has 1 atom stereocenters. The van der Waals surface area contributed by atoms with Gasteiger partial charge in [0.2, 0.25) is 0 Å². The third-order valence-electron chi connectivity index (χ3n) is 4.90. The Morgan fingerprint density at radius 1 is 1.14 bits per heavy atom. The first-order valence-electron chi connectivity index (χ1n) is 9.43. The monoisotopic (exact) mass is 401 g/mol. The molecular formula is C20H23N3O4S. The van der Waals surface area contributed by atoms with Gasteiger partial charge in [-0.25, -0.2) is 10.2 Å². The van der Waals surface area contributed by atoms with Crippen LogP contribution in [-0.2, 0) is 19.4 Å². The van der Waals surface area contributed by atoms with E-state index < -0.39 is 6.03 Å². The molecule has 8 heteroatoms. The lowest BCUT2D eigenvalue weighted by Crippen LogP contribution is -2.46. The van der Waals surface area contributed by atoms with Crippen LogP contribution in [0.25, 0.3) is 0 Å². The SMILES string of the molecule is CC1CCc2sc(C(=O)NNC(=O)NCc3ccc4c(c3)OCCO4)cc2C1. The number of fused-ring (bicyclic) bond motifs is 2. The van der Waals surface area contributed by atoms with Crippen LogP contribution in [0.1, 0.15) is 39.0 Å². The Morgan fingerprint density at radius 2 is 1.96 bits per heavy atom. The van der Waals surface area contributed by atoms with Crippen LogP contribution < -0.4 is 25.6 Å². The van der Waals surface area contributed by atoms with Crippen molar-refractivity contribution >= 4 is 23.3 Å². The van der Waals surface area contributed by atoms with E-state index in [1.165, 1.54) is 21.8 Å². The molecule has 1 aliphatic carbocycles. The molecule has 148 valence electrons. The van der Waals surface area contributed by atoms with Gasteiger partial charge in [0.1, 0.15) is 13.2 Å². The van der Waals surface area contributed by atoms with E-state index in [2.05, 4.69) is 23.1 Å². The second-order valence-corrected chi connectivity index (χ2v) is 8.28. The van der Waals surface area contributed by atoms with Crippen molar-refractivity contribution in [1.82, 2.24) is 16.2 Å². The smallest absolute Gasteiger partial charge is 0.333 e. The minimum Gasteiger partial charge on any atom is -0.486 e. The molecule has 1 aliphatic heterocycles. The first kappa shape index (κ1) is 18.6. The average Bonchev–Trinajstić information content (AvgIpc) is 3.13. The third kappa shape index (κ3) is 4.22. The van der Waals surface area contributed by atoms with Gasteiger partial charge < -0.3 is 14.8 Å². The Bertz CT molecular complexity index is 896. The quantitative estimate of drug-likeness (QED) is 0.690. The van der Waals surface area contributed by atoms with Crippen molar-refractivity contribution in [1.29, 1.82) is 0 Å². The molecule has 1 aromatic heterocycles. The Kier molecular flexibility index (Phi) is 5.38. The van der Waals surface area contributed by atoms with Crippen LogP contribution in [0.4, 0.5) is 4.79 Å². The van der Waals surface area contributed by atoms with Gasteiger partial charge in [0.25, 0.3) is 5.91 Å². The molecule has 1 aromatic carbocycles. The number of amides is 3. The van der Waals surface area contributed by atoms with Gasteiger partial charge in [0.05, 0.1) is 4.88 Å². The summed E-state index contributed by atoms with van der Waals surface area (Å²) in [5.41, 5.74) is 7.02. The number of carbonyl (C=O) groups is 2. The van der Waals surface area contributed by atoms with Crippen molar-refractivity contribution in [3.05, 3.63) is 45.1 Å². The maximum atomic E-state index is 12.3. The number of aryl methyl sites for hydroxylation is 1. The second-order valence-electron chi connectivity index (χ2n) is 7.15. The molecule has 2 aromatic rings. The molecule has 4 rings (SSSR count). The number of hydrogen-bond acceptors (Lipinski definition) is 5. The summed E-state index contributed by atoms with van der Waals surface area (Å²) in [6.45, 7) is 3.60. The number of nitrogens with one attached hydrogen (secondary N) is 3. The number of rotatable bonds is 3. The lowest BCUT2D eigenvalue weighted by atomic mass is 9.90. The lowest BCUT2D eigenvalue weighted by Gasteiger charge is -2.19. The van der Waals surface area contributed by atoms with Crippen LogP contribution in [-0.4, -0.2) is 25.2 Å². The number of carbonyl (C=O) groups excluding carboxylic acids is 2. The van der Waals surface area contributed by atoms with Crippen molar-refractivity contribution in [2.75, 3.05) is 13.2 Å². The molecule has 2 aliphatic rings. The molecule has 2 heterocycles. The van der Waals surface area contributed by atoms with E-state index >= 15 is 0 Å². The highest BCUT2D eigenvalue weighted by Crippen LogP contribution is 2.32. The van der Waals surface area contributed by atoms with Gasteiger partial charge in [-0.05, 0) is 54.5 Å². The van der Waals surface area contributed by atoms with Gasteiger partial charge in [-0.3, -0.25) is 10.2 Å². The zero-order valence-corrected chi connectivity index (χ0v) is 16.5. The van der Waals surface area contributed by atoms with E-state index in [0.717, 1.165) is 24.8 Å². The van der Waals surface area contributed by atoms with Crippen molar-refractivity contribution < 1.29 is 19.1 Å².